The van der Waals surface area contributed by atoms with Gasteiger partial charge in [-0.1, -0.05) is 0 Å². The summed E-state index contributed by atoms with van der Waals surface area (Å²) in [6.45, 7) is 2.10. The molecule has 0 heterocycles. The molecule has 0 radical (unpaired) electrons. The van der Waals surface area contributed by atoms with Crippen LogP contribution in [0.3, 0.4) is 0 Å². The van der Waals surface area contributed by atoms with Gasteiger partial charge in [-0.3, -0.25) is 0 Å². The molecule has 96 valence electrons. The molecule has 0 bridgehead atoms. The van der Waals surface area contributed by atoms with E-state index >= 15 is 0 Å². The number of hydrogen-bond donors (Lipinski definition) is 0. The summed E-state index contributed by atoms with van der Waals surface area (Å²) in [5.74, 6) is 0.261. The Hall–Kier alpha value is -1.14. The highest BCUT2D eigenvalue weighted by Crippen LogP contribution is 2.11. The monoisotopic (exact) mass is 261 g/mol. The lowest BCUT2D eigenvalue weighted by atomic mass is 10.3. The molecule has 1 aromatic carbocycles. The predicted octanol–water partition coefficient (Wildman–Crippen LogP) is 1.49. The van der Waals surface area contributed by atoms with Crippen molar-refractivity contribution >= 4 is 10.0 Å². The molecule has 0 aliphatic heterocycles. The average Bonchev–Trinajstić information content (AvgIpc) is 2.31. The van der Waals surface area contributed by atoms with E-state index in [4.69, 9.17) is 4.74 Å². The van der Waals surface area contributed by atoms with Crippen LogP contribution >= 0.6 is 0 Å². The fourth-order valence-corrected chi connectivity index (χ4v) is 1.98. The molecule has 0 amide bonds. The summed E-state index contributed by atoms with van der Waals surface area (Å²) < 4.78 is 42.0. The van der Waals surface area contributed by atoms with Crippen molar-refractivity contribution in [1.29, 1.82) is 0 Å². The van der Waals surface area contributed by atoms with Gasteiger partial charge in [-0.05, 0) is 31.2 Å². The standard InChI is InChI=1S/C11H16FNO3S/c1-3-17(14,15)13(2)8-9-16-11-6-4-10(12)5-7-11/h4-7H,3,8-9H2,1-2H3. The van der Waals surface area contributed by atoms with Crippen LogP contribution in [0, 0.1) is 5.82 Å². The second kappa shape index (κ2) is 5.97. The summed E-state index contributed by atoms with van der Waals surface area (Å²) in [4.78, 5) is 0. The minimum absolute atomic E-state index is 0.0695. The number of sulfonamides is 1. The van der Waals surface area contributed by atoms with Gasteiger partial charge in [0.05, 0.1) is 5.75 Å². The number of ether oxygens (including phenoxy) is 1. The van der Waals surface area contributed by atoms with Crippen molar-refractivity contribution in [3.8, 4) is 5.75 Å². The van der Waals surface area contributed by atoms with Crippen LogP contribution in [0.4, 0.5) is 4.39 Å². The Bertz CT molecular complexity index is 444. The van der Waals surface area contributed by atoms with Crippen LogP contribution in [0.2, 0.25) is 0 Å². The molecule has 0 unspecified atom stereocenters. The molecule has 1 rings (SSSR count). The van der Waals surface area contributed by atoms with Crippen molar-refractivity contribution in [2.75, 3.05) is 26.0 Å². The van der Waals surface area contributed by atoms with Gasteiger partial charge in [0.15, 0.2) is 0 Å². The summed E-state index contributed by atoms with van der Waals surface area (Å²) >= 11 is 0. The van der Waals surface area contributed by atoms with Crippen LogP contribution in [0.15, 0.2) is 24.3 Å². The van der Waals surface area contributed by atoms with Crippen molar-refractivity contribution in [2.45, 2.75) is 6.92 Å². The van der Waals surface area contributed by atoms with Gasteiger partial charge in [-0.25, -0.2) is 17.1 Å². The van der Waals surface area contributed by atoms with Crippen LogP contribution in [-0.2, 0) is 10.0 Å². The molecule has 6 heteroatoms. The summed E-state index contributed by atoms with van der Waals surface area (Å²) in [6, 6.07) is 5.59. The number of hydrogen-bond acceptors (Lipinski definition) is 3. The highest BCUT2D eigenvalue weighted by Gasteiger charge is 2.14. The Kier molecular flexibility index (Phi) is 4.89. The molecule has 0 aliphatic rings. The zero-order chi connectivity index (χ0) is 12.9. The van der Waals surface area contributed by atoms with E-state index in [-0.39, 0.29) is 24.7 Å². The smallest absolute Gasteiger partial charge is 0.213 e. The number of nitrogens with zero attached hydrogens (tertiary/aromatic N) is 1. The van der Waals surface area contributed by atoms with Crippen LogP contribution in [0.1, 0.15) is 6.92 Å². The molecule has 0 N–H and O–H groups in total. The Balaban J connectivity index is 2.41. The molecule has 0 spiro atoms. The van der Waals surface area contributed by atoms with Gasteiger partial charge in [0.2, 0.25) is 10.0 Å². The summed E-state index contributed by atoms with van der Waals surface area (Å²) in [7, 11) is -1.66. The maximum absolute atomic E-state index is 12.6. The lowest BCUT2D eigenvalue weighted by Gasteiger charge is -2.16. The number of rotatable bonds is 6. The Morgan fingerprint density at radius 3 is 2.41 bits per heavy atom. The highest BCUT2D eigenvalue weighted by atomic mass is 32.2. The van der Waals surface area contributed by atoms with Crippen molar-refractivity contribution < 1.29 is 17.5 Å². The minimum Gasteiger partial charge on any atom is -0.492 e. The van der Waals surface area contributed by atoms with E-state index in [2.05, 4.69) is 0 Å². The summed E-state index contributed by atoms with van der Waals surface area (Å²) in [5.41, 5.74) is 0. The van der Waals surface area contributed by atoms with Gasteiger partial charge >= 0.3 is 0 Å². The first-order chi connectivity index (χ1) is 7.95. The third-order valence-electron chi connectivity index (χ3n) is 2.33. The molecular weight excluding hydrogens is 245 g/mol. The largest absolute Gasteiger partial charge is 0.492 e. The maximum atomic E-state index is 12.6. The van der Waals surface area contributed by atoms with E-state index in [0.29, 0.717) is 5.75 Å². The second-order valence-corrected chi connectivity index (χ2v) is 5.89. The van der Waals surface area contributed by atoms with Crippen LogP contribution in [-0.4, -0.2) is 38.7 Å². The normalized spacial score (nSPS) is 11.8. The molecule has 4 nitrogen and oxygen atoms in total. The van der Waals surface area contributed by atoms with Crippen LogP contribution in [0.5, 0.6) is 5.75 Å². The van der Waals surface area contributed by atoms with E-state index < -0.39 is 10.0 Å². The van der Waals surface area contributed by atoms with Crippen molar-refractivity contribution in [3.63, 3.8) is 0 Å². The predicted molar refractivity (Wildman–Crippen MR) is 64.0 cm³/mol. The Labute approximate surface area is 101 Å². The van der Waals surface area contributed by atoms with Gasteiger partial charge in [-0.15, -0.1) is 0 Å². The van der Waals surface area contributed by atoms with Gasteiger partial charge in [0.25, 0.3) is 0 Å². The average molecular weight is 261 g/mol. The first-order valence-electron chi connectivity index (χ1n) is 5.28. The fourth-order valence-electron chi connectivity index (χ4n) is 1.18. The molecule has 0 aliphatic carbocycles. The van der Waals surface area contributed by atoms with Crippen LogP contribution in [0.25, 0.3) is 0 Å². The molecule has 0 saturated heterocycles. The first kappa shape index (κ1) is 13.9. The van der Waals surface area contributed by atoms with Crippen LogP contribution < -0.4 is 4.74 Å². The molecule has 1 aromatic rings. The first-order valence-corrected chi connectivity index (χ1v) is 6.89. The second-order valence-electron chi connectivity index (χ2n) is 3.52. The number of benzene rings is 1. The zero-order valence-electron chi connectivity index (χ0n) is 9.89. The molecule has 17 heavy (non-hydrogen) atoms. The van der Waals surface area contributed by atoms with Crippen molar-refractivity contribution in [3.05, 3.63) is 30.1 Å². The van der Waals surface area contributed by atoms with E-state index in [1.165, 1.54) is 35.6 Å². The van der Waals surface area contributed by atoms with Crippen molar-refractivity contribution in [2.24, 2.45) is 0 Å². The Morgan fingerprint density at radius 2 is 1.88 bits per heavy atom. The number of halogens is 1. The quantitative estimate of drug-likeness (QED) is 0.779. The molecule has 0 saturated carbocycles. The van der Waals surface area contributed by atoms with Crippen molar-refractivity contribution in [1.82, 2.24) is 4.31 Å². The van der Waals surface area contributed by atoms with Gasteiger partial charge in [0, 0.05) is 13.6 Å². The van der Waals surface area contributed by atoms with E-state index in [1.807, 2.05) is 0 Å². The third kappa shape index (κ3) is 4.32. The molecular formula is C11H16FNO3S. The van der Waals surface area contributed by atoms with E-state index in [9.17, 15) is 12.8 Å². The molecule has 0 aromatic heterocycles. The van der Waals surface area contributed by atoms with Gasteiger partial charge < -0.3 is 4.74 Å². The summed E-state index contributed by atoms with van der Waals surface area (Å²) in [6.07, 6.45) is 0. The number of likely N-dealkylation sites (N-methyl/N-ethyl adjacent to an activating group) is 1. The summed E-state index contributed by atoms with van der Waals surface area (Å²) in [5, 5.41) is 0. The lowest BCUT2D eigenvalue weighted by Crippen LogP contribution is -2.32. The SMILES string of the molecule is CCS(=O)(=O)N(C)CCOc1ccc(F)cc1. The topological polar surface area (TPSA) is 46.6 Å². The highest BCUT2D eigenvalue weighted by molar-refractivity contribution is 7.89. The van der Waals surface area contributed by atoms with E-state index in [0.717, 1.165) is 0 Å². The van der Waals surface area contributed by atoms with Gasteiger partial charge in [-0.2, -0.15) is 0 Å². The lowest BCUT2D eigenvalue weighted by molar-refractivity contribution is 0.286. The fraction of sp³-hybridized carbons (Fsp3) is 0.455. The minimum atomic E-state index is -3.17. The van der Waals surface area contributed by atoms with E-state index in [1.54, 1.807) is 6.92 Å². The zero-order valence-corrected chi connectivity index (χ0v) is 10.7. The molecule has 0 atom stereocenters. The maximum Gasteiger partial charge on any atom is 0.213 e. The Morgan fingerprint density at radius 1 is 1.29 bits per heavy atom. The third-order valence-corrected chi connectivity index (χ3v) is 4.19. The molecule has 0 fully saturated rings. The van der Waals surface area contributed by atoms with Gasteiger partial charge in [0.1, 0.15) is 18.2 Å².